The number of esters is 1. The van der Waals surface area contributed by atoms with E-state index in [0.29, 0.717) is 13.0 Å². The van der Waals surface area contributed by atoms with Crippen molar-refractivity contribution in [2.24, 2.45) is 5.73 Å². The SMILES string of the molecule is CCOC(=O)CP(=O)(O)OCCCN. The van der Waals surface area contributed by atoms with Crippen molar-refractivity contribution in [2.45, 2.75) is 13.3 Å². The lowest BCUT2D eigenvalue weighted by Gasteiger charge is -2.10. The Balaban J connectivity index is 3.82. The highest BCUT2D eigenvalue weighted by Crippen LogP contribution is 2.41. The Morgan fingerprint density at radius 3 is 2.71 bits per heavy atom. The standard InChI is InChI=1S/C7H16NO5P/c1-2-12-7(9)6-14(10,11)13-5-3-4-8/h2-6,8H2,1H3,(H,10,11). The van der Waals surface area contributed by atoms with Crippen LogP contribution in [-0.2, 0) is 18.6 Å². The lowest BCUT2D eigenvalue weighted by Crippen LogP contribution is -2.12. The zero-order valence-corrected chi connectivity index (χ0v) is 9.03. The number of nitrogens with two attached hydrogens (primary N) is 1. The summed E-state index contributed by atoms with van der Waals surface area (Å²) >= 11 is 0. The monoisotopic (exact) mass is 225 g/mol. The third-order valence-electron chi connectivity index (χ3n) is 1.28. The molecule has 84 valence electrons. The van der Waals surface area contributed by atoms with Gasteiger partial charge in [0.15, 0.2) is 0 Å². The molecule has 0 aromatic heterocycles. The lowest BCUT2D eigenvalue weighted by atomic mass is 10.5. The first-order valence-electron chi connectivity index (χ1n) is 4.34. The van der Waals surface area contributed by atoms with E-state index >= 15 is 0 Å². The van der Waals surface area contributed by atoms with Gasteiger partial charge in [-0.2, -0.15) is 0 Å². The third kappa shape index (κ3) is 7.03. The number of hydrogen-bond acceptors (Lipinski definition) is 5. The highest BCUT2D eigenvalue weighted by molar-refractivity contribution is 7.53. The van der Waals surface area contributed by atoms with E-state index in [0.717, 1.165) is 0 Å². The van der Waals surface area contributed by atoms with Crippen LogP contribution in [0.25, 0.3) is 0 Å². The van der Waals surface area contributed by atoms with Crippen LogP contribution < -0.4 is 5.73 Å². The average molecular weight is 225 g/mol. The van der Waals surface area contributed by atoms with Gasteiger partial charge in [0.25, 0.3) is 0 Å². The van der Waals surface area contributed by atoms with Crippen LogP contribution in [0.5, 0.6) is 0 Å². The smallest absolute Gasteiger partial charge is 0.339 e. The van der Waals surface area contributed by atoms with E-state index < -0.39 is 19.7 Å². The molecule has 1 unspecified atom stereocenters. The molecule has 0 saturated heterocycles. The van der Waals surface area contributed by atoms with Crippen molar-refractivity contribution in [3.63, 3.8) is 0 Å². The van der Waals surface area contributed by atoms with Crippen molar-refractivity contribution in [2.75, 3.05) is 25.9 Å². The van der Waals surface area contributed by atoms with E-state index in [9.17, 15) is 9.36 Å². The van der Waals surface area contributed by atoms with E-state index in [2.05, 4.69) is 9.26 Å². The minimum Gasteiger partial charge on any atom is -0.466 e. The average Bonchev–Trinajstić information content (AvgIpc) is 2.03. The molecule has 0 saturated carbocycles. The van der Waals surface area contributed by atoms with E-state index in [1.807, 2.05) is 0 Å². The second kappa shape index (κ2) is 6.95. The van der Waals surface area contributed by atoms with E-state index in [-0.39, 0.29) is 13.2 Å². The first-order chi connectivity index (χ1) is 6.52. The van der Waals surface area contributed by atoms with Gasteiger partial charge in [-0.05, 0) is 19.9 Å². The molecule has 3 N–H and O–H groups in total. The number of carbonyl (C=O) groups excluding carboxylic acids is 1. The normalized spacial score (nSPS) is 14.8. The Labute approximate surface area is 82.9 Å². The summed E-state index contributed by atoms with van der Waals surface area (Å²) < 4.78 is 20.3. The van der Waals surface area contributed by atoms with Gasteiger partial charge in [-0.25, -0.2) is 0 Å². The van der Waals surface area contributed by atoms with Crippen molar-refractivity contribution < 1.29 is 23.5 Å². The molecule has 0 aromatic rings. The Hall–Kier alpha value is -0.420. The number of rotatable bonds is 7. The lowest BCUT2D eigenvalue weighted by molar-refractivity contribution is -0.140. The van der Waals surface area contributed by atoms with Gasteiger partial charge in [-0.1, -0.05) is 0 Å². The molecule has 0 amide bonds. The molecule has 14 heavy (non-hydrogen) atoms. The fraction of sp³-hybridized carbons (Fsp3) is 0.857. The molecule has 0 aromatic carbocycles. The van der Waals surface area contributed by atoms with Gasteiger partial charge in [-0.3, -0.25) is 9.36 Å². The largest absolute Gasteiger partial charge is 0.466 e. The summed E-state index contributed by atoms with van der Waals surface area (Å²) in [7, 11) is -3.84. The predicted molar refractivity (Wildman–Crippen MR) is 50.9 cm³/mol. The van der Waals surface area contributed by atoms with Gasteiger partial charge in [0.05, 0.1) is 13.2 Å². The summed E-state index contributed by atoms with van der Waals surface area (Å²) in [4.78, 5) is 20.0. The molecule has 0 heterocycles. The van der Waals surface area contributed by atoms with Crippen LogP contribution in [-0.4, -0.2) is 36.8 Å². The zero-order chi connectivity index (χ0) is 11.0. The quantitative estimate of drug-likeness (QED) is 0.362. The molecule has 7 heteroatoms. The Kier molecular flexibility index (Phi) is 6.74. The number of hydrogen-bond donors (Lipinski definition) is 2. The maximum Gasteiger partial charge on any atom is 0.339 e. The Morgan fingerprint density at radius 1 is 1.57 bits per heavy atom. The van der Waals surface area contributed by atoms with Gasteiger partial charge in [0.1, 0.15) is 6.16 Å². The van der Waals surface area contributed by atoms with Gasteiger partial charge < -0.3 is 19.9 Å². The van der Waals surface area contributed by atoms with Crippen LogP contribution in [0.4, 0.5) is 0 Å². The first kappa shape index (κ1) is 13.6. The third-order valence-corrected chi connectivity index (χ3v) is 2.52. The zero-order valence-electron chi connectivity index (χ0n) is 8.14. The molecular weight excluding hydrogens is 209 g/mol. The number of carbonyl (C=O) groups is 1. The summed E-state index contributed by atoms with van der Waals surface area (Å²) in [6.07, 6.45) is -0.126. The van der Waals surface area contributed by atoms with E-state index in [4.69, 9.17) is 10.6 Å². The highest BCUT2D eigenvalue weighted by atomic mass is 31.2. The Morgan fingerprint density at radius 2 is 2.21 bits per heavy atom. The predicted octanol–water partition coefficient (Wildman–Crippen LogP) is 0.100. The van der Waals surface area contributed by atoms with Crippen LogP contribution in [0.1, 0.15) is 13.3 Å². The van der Waals surface area contributed by atoms with Gasteiger partial charge in [-0.15, -0.1) is 0 Å². The van der Waals surface area contributed by atoms with Crippen molar-refractivity contribution in [3.8, 4) is 0 Å². The summed E-state index contributed by atoms with van der Waals surface area (Å²) in [5, 5.41) is 0. The fourth-order valence-corrected chi connectivity index (χ4v) is 1.63. The summed E-state index contributed by atoms with van der Waals surface area (Å²) in [6.45, 7) is 2.25. The minimum atomic E-state index is -3.84. The molecule has 0 fully saturated rings. The minimum absolute atomic E-state index is 0.0731. The van der Waals surface area contributed by atoms with Crippen molar-refractivity contribution >= 4 is 13.6 Å². The summed E-state index contributed by atoms with van der Waals surface area (Å²) in [5.74, 6) is -0.730. The van der Waals surface area contributed by atoms with E-state index in [1.54, 1.807) is 6.92 Å². The molecule has 0 spiro atoms. The van der Waals surface area contributed by atoms with E-state index in [1.165, 1.54) is 0 Å². The van der Waals surface area contributed by atoms with Gasteiger partial charge in [0.2, 0.25) is 0 Å². The first-order valence-corrected chi connectivity index (χ1v) is 6.10. The van der Waals surface area contributed by atoms with Crippen molar-refractivity contribution in [1.29, 1.82) is 0 Å². The fourth-order valence-electron chi connectivity index (χ4n) is 0.706. The molecule has 0 rings (SSSR count). The van der Waals surface area contributed by atoms with Crippen molar-refractivity contribution in [3.05, 3.63) is 0 Å². The van der Waals surface area contributed by atoms with Gasteiger partial charge >= 0.3 is 13.6 Å². The molecule has 1 atom stereocenters. The molecule has 0 radical (unpaired) electrons. The molecule has 6 nitrogen and oxygen atoms in total. The summed E-state index contributed by atoms with van der Waals surface area (Å²) in [6, 6.07) is 0. The maximum absolute atomic E-state index is 11.2. The Bertz CT molecular complexity index is 220. The van der Waals surface area contributed by atoms with Crippen LogP contribution in [0.15, 0.2) is 0 Å². The van der Waals surface area contributed by atoms with Crippen LogP contribution >= 0.6 is 7.60 Å². The second-order valence-electron chi connectivity index (χ2n) is 2.58. The maximum atomic E-state index is 11.2. The highest BCUT2D eigenvalue weighted by Gasteiger charge is 2.24. The molecule has 0 bridgehead atoms. The molecule has 0 aliphatic rings. The molecule has 0 aliphatic carbocycles. The van der Waals surface area contributed by atoms with Crippen molar-refractivity contribution in [1.82, 2.24) is 0 Å². The van der Waals surface area contributed by atoms with Crippen LogP contribution in [0, 0.1) is 0 Å². The molecule has 0 aliphatic heterocycles. The van der Waals surface area contributed by atoms with Crippen LogP contribution in [0.2, 0.25) is 0 Å². The topological polar surface area (TPSA) is 98.9 Å². The second-order valence-corrected chi connectivity index (χ2v) is 4.43. The van der Waals surface area contributed by atoms with Crippen LogP contribution in [0.3, 0.4) is 0 Å². The number of ether oxygens (including phenoxy) is 1. The molecular formula is C7H16NO5P. The van der Waals surface area contributed by atoms with Gasteiger partial charge in [0, 0.05) is 0 Å². The summed E-state index contributed by atoms with van der Waals surface area (Å²) in [5.41, 5.74) is 5.16.